The summed E-state index contributed by atoms with van der Waals surface area (Å²) in [6, 6.07) is 0.219. The maximum atomic E-state index is 12.1. The van der Waals surface area contributed by atoms with Crippen molar-refractivity contribution in [2.24, 2.45) is 5.92 Å². The number of hydrogen-bond donors (Lipinski definition) is 2. The first-order valence-corrected chi connectivity index (χ1v) is 7.07. The minimum absolute atomic E-state index is 0.0388. The Balaban J connectivity index is 1.51. The standard InChI is InChI=1S/C14H22N2O2/c17-13(11-3-1-2-4-11)16-12-9-14(18-10-12)5-7-15-8-6-14/h1-2,11-12,15H,3-10H2,(H,16,17). The van der Waals surface area contributed by atoms with Crippen LogP contribution in [0.3, 0.4) is 0 Å². The molecule has 4 nitrogen and oxygen atoms in total. The molecule has 2 N–H and O–H groups in total. The fourth-order valence-electron chi connectivity index (χ4n) is 3.32. The topological polar surface area (TPSA) is 50.4 Å². The first-order valence-electron chi connectivity index (χ1n) is 7.07. The highest BCUT2D eigenvalue weighted by molar-refractivity contribution is 5.79. The molecule has 1 amide bonds. The van der Waals surface area contributed by atoms with Crippen LogP contribution in [-0.4, -0.2) is 37.2 Å². The summed E-state index contributed by atoms with van der Waals surface area (Å²) in [4.78, 5) is 12.1. The Bertz CT molecular complexity index is 340. The predicted molar refractivity (Wildman–Crippen MR) is 69.2 cm³/mol. The summed E-state index contributed by atoms with van der Waals surface area (Å²) in [7, 11) is 0. The van der Waals surface area contributed by atoms with Crippen LogP contribution in [0.1, 0.15) is 32.1 Å². The van der Waals surface area contributed by atoms with Gasteiger partial charge < -0.3 is 15.4 Å². The molecule has 1 atom stereocenters. The van der Waals surface area contributed by atoms with Crippen molar-refractivity contribution in [3.8, 4) is 0 Å². The normalized spacial score (nSPS) is 31.0. The highest BCUT2D eigenvalue weighted by Gasteiger charge is 2.41. The lowest BCUT2D eigenvalue weighted by Crippen LogP contribution is -2.43. The van der Waals surface area contributed by atoms with E-state index >= 15 is 0 Å². The van der Waals surface area contributed by atoms with Gasteiger partial charge in [-0.05, 0) is 45.2 Å². The molecule has 0 saturated carbocycles. The lowest BCUT2D eigenvalue weighted by Gasteiger charge is -2.32. The van der Waals surface area contributed by atoms with E-state index in [1.807, 2.05) is 0 Å². The van der Waals surface area contributed by atoms with Gasteiger partial charge in [-0.25, -0.2) is 0 Å². The minimum atomic E-state index is 0.0388. The van der Waals surface area contributed by atoms with Crippen molar-refractivity contribution in [3.05, 3.63) is 12.2 Å². The van der Waals surface area contributed by atoms with Gasteiger partial charge in [0.1, 0.15) is 0 Å². The average Bonchev–Trinajstić information content (AvgIpc) is 3.01. The first kappa shape index (κ1) is 12.2. The molecule has 0 aromatic carbocycles. The quantitative estimate of drug-likeness (QED) is 0.718. The summed E-state index contributed by atoms with van der Waals surface area (Å²) in [5.41, 5.74) is 0.0388. The number of rotatable bonds is 2. The van der Waals surface area contributed by atoms with Crippen molar-refractivity contribution in [1.29, 1.82) is 0 Å². The van der Waals surface area contributed by atoms with Crippen molar-refractivity contribution < 1.29 is 9.53 Å². The molecule has 0 radical (unpaired) electrons. The van der Waals surface area contributed by atoms with Gasteiger partial charge in [0.25, 0.3) is 0 Å². The summed E-state index contributed by atoms with van der Waals surface area (Å²) in [5.74, 6) is 0.370. The maximum absolute atomic E-state index is 12.1. The zero-order valence-corrected chi connectivity index (χ0v) is 10.8. The van der Waals surface area contributed by atoms with Gasteiger partial charge >= 0.3 is 0 Å². The van der Waals surface area contributed by atoms with Crippen LogP contribution in [0.5, 0.6) is 0 Å². The molecule has 1 aliphatic carbocycles. The number of carbonyl (C=O) groups is 1. The second kappa shape index (κ2) is 5.02. The Morgan fingerprint density at radius 3 is 2.72 bits per heavy atom. The number of piperidine rings is 1. The third-order valence-corrected chi connectivity index (χ3v) is 4.45. The first-order chi connectivity index (χ1) is 8.77. The Labute approximate surface area is 108 Å². The van der Waals surface area contributed by atoms with Gasteiger partial charge in [0.05, 0.1) is 18.2 Å². The molecule has 2 heterocycles. The highest BCUT2D eigenvalue weighted by atomic mass is 16.5. The van der Waals surface area contributed by atoms with Gasteiger partial charge in [0, 0.05) is 5.92 Å². The Morgan fingerprint density at radius 2 is 2.00 bits per heavy atom. The van der Waals surface area contributed by atoms with E-state index in [0.717, 1.165) is 45.2 Å². The van der Waals surface area contributed by atoms with Crippen molar-refractivity contribution in [2.45, 2.75) is 43.7 Å². The fourth-order valence-corrected chi connectivity index (χ4v) is 3.32. The van der Waals surface area contributed by atoms with E-state index in [1.165, 1.54) is 0 Å². The lowest BCUT2D eigenvalue weighted by atomic mass is 9.88. The number of amides is 1. The number of carbonyl (C=O) groups excluding carboxylic acids is 1. The molecule has 1 spiro atoms. The van der Waals surface area contributed by atoms with Crippen LogP contribution in [0.15, 0.2) is 12.2 Å². The molecule has 0 bridgehead atoms. The molecule has 2 saturated heterocycles. The molecule has 1 unspecified atom stereocenters. The summed E-state index contributed by atoms with van der Waals surface area (Å²) < 4.78 is 5.99. The molecular weight excluding hydrogens is 228 g/mol. The van der Waals surface area contributed by atoms with Crippen LogP contribution < -0.4 is 10.6 Å². The zero-order valence-electron chi connectivity index (χ0n) is 10.8. The largest absolute Gasteiger partial charge is 0.373 e. The smallest absolute Gasteiger partial charge is 0.224 e. The maximum Gasteiger partial charge on any atom is 0.224 e. The van der Waals surface area contributed by atoms with E-state index in [-0.39, 0.29) is 23.5 Å². The molecule has 18 heavy (non-hydrogen) atoms. The van der Waals surface area contributed by atoms with Gasteiger partial charge in [0.2, 0.25) is 5.91 Å². The number of hydrogen-bond acceptors (Lipinski definition) is 3. The Morgan fingerprint density at radius 1 is 1.28 bits per heavy atom. The SMILES string of the molecule is O=C(NC1COC2(CCNCC2)C1)C1CC=CC1. The van der Waals surface area contributed by atoms with Crippen LogP contribution >= 0.6 is 0 Å². The third-order valence-electron chi connectivity index (χ3n) is 4.45. The van der Waals surface area contributed by atoms with E-state index < -0.39 is 0 Å². The predicted octanol–water partition coefficient (Wildman–Crippen LogP) is 0.980. The van der Waals surface area contributed by atoms with Crippen LogP contribution in [-0.2, 0) is 9.53 Å². The summed E-state index contributed by atoms with van der Waals surface area (Å²) in [5, 5.41) is 6.53. The molecule has 4 heteroatoms. The van der Waals surface area contributed by atoms with Gasteiger partial charge in [-0.1, -0.05) is 12.2 Å². The lowest BCUT2D eigenvalue weighted by molar-refractivity contribution is -0.125. The molecule has 0 aromatic heterocycles. The van der Waals surface area contributed by atoms with Gasteiger partial charge in [-0.3, -0.25) is 4.79 Å². The second-order valence-corrected chi connectivity index (χ2v) is 5.79. The molecule has 2 aliphatic heterocycles. The molecule has 100 valence electrons. The van der Waals surface area contributed by atoms with Crippen molar-refractivity contribution in [2.75, 3.05) is 19.7 Å². The Hall–Kier alpha value is -0.870. The Kier molecular flexibility index (Phi) is 3.39. The zero-order chi connectivity index (χ0) is 12.4. The third kappa shape index (κ3) is 2.45. The van der Waals surface area contributed by atoms with Crippen molar-refractivity contribution in [3.63, 3.8) is 0 Å². The number of ether oxygens (including phenoxy) is 1. The average molecular weight is 250 g/mol. The van der Waals surface area contributed by atoms with Gasteiger partial charge in [0.15, 0.2) is 0 Å². The monoisotopic (exact) mass is 250 g/mol. The van der Waals surface area contributed by atoms with Crippen LogP contribution in [0.4, 0.5) is 0 Å². The highest BCUT2D eigenvalue weighted by Crippen LogP contribution is 2.34. The number of allylic oxidation sites excluding steroid dienone is 2. The van der Waals surface area contributed by atoms with Gasteiger partial charge in [-0.15, -0.1) is 0 Å². The van der Waals surface area contributed by atoms with E-state index in [2.05, 4.69) is 22.8 Å². The van der Waals surface area contributed by atoms with E-state index in [4.69, 9.17) is 4.74 Å². The summed E-state index contributed by atoms with van der Waals surface area (Å²) >= 11 is 0. The second-order valence-electron chi connectivity index (χ2n) is 5.79. The van der Waals surface area contributed by atoms with Crippen molar-refractivity contribution >= 4 is 5.91 Å². The van der Waals surface area contributed by atoms with Gasteiger partial charge in [-0.2, -0.15) is 0 Å². The van der Waals surface area contributed by atoms with E-state index in [0.29, 0.717) is 6.61 Å². The summed E-state index contributed by atoms with van der Waals surface area (Å²) in [6.07, 6.45) is 9.13. The molecule has 2 fully saturated rings. The molecule has 3 aliphatic rings. The number of nitrogens with one attached hydrogen (secondary N) is 2. The minimum Gasteiger partial charge on any atom is -0.373 e. The van der Waals surface area contributed by atoms with E-state index in [1.54, 1.807) is 0 Å². The van der Waals surface area contributed by atoms with Crippen LogP contribution in [0.2, 0.25) is 0 Å². The molecule has 0 aromatic rings. The van der Waals surface area contributed by atoms with Crippen LogP contribution in [0.25, 0.3) is 0 Å². The van der Waals surface area contributed by atoms with E-state index in [9.17, 15) is 4.79 Å². The fraction of sp³-hybridized carbons (Fsp3) is 0.786. The molecule has 3 rings (SSSR count). The summed E-state index contributed by atoms with van der Waals surface area (Å²) in [6.45, 7) is 2.76. The van der Waals surface area contributed by atoms with Crippen molar-refractivity contribution in [1.82, 2.24) is 10.6 Å². The van der Waals surface area contributed by atoms with Crippen LogP contribution in [0, 0.1) is 5.92 Å². The molecular formula is C14H22N2O2.